The van der Waals surface area contributed by atoms with E-state index in [1.54, 1.807) is 24.3 Å². The lowest BCUT2D eigenvalue weighted by Gasteiger charge is -2.29. The highest BCUT2D eigenvalue weighted by molar-refractivity contribution is 5.94. The molecule has 0 fully saturated rings. The maximum Gasteiger partial charge on any atom is 0.339 e. The zero-order valence-electron chi connectivity index (χ0n) is 14.1. The molecule has 3 rings (SSSR count). The van der Waals surface area contributed by atoms with E-state index in [4.69, 9.17) is 0 Å². The summed E-state index contributed by atoms with van der Waals surface area (Å²) in [5, 5.41) is 13.3. The van der Waals surface area contributed by atoms with Gasteiger partial charge in [-0.2, -0.15) is 0 Å². The number of carbonyl (C=O) groups is 2. The number of amides is 1. The molecular formula is C20H21NO4. The molecule has 1 aliphatic rings. The van der Waals surface area contributed by atoms with Gasteiger partial charge in [0, 0.05) is 5.56 Å². The summed E-state index contributed by atoms with van der Waals surface area (Å²) >= 11 is 0. The Morgan fingerprint density at radius 1 is 1.16 bits per heavy atom. The molecule has 0 saturated heterocycles. The number of esters is 1. The second-order valence-electron chi connectivity index (χ2n) is 6.13. The van der Waals surface area contributed by atoms with Crippen molar-refractivity contribution < 1.29 is 19.4 Å². The molecule has 0 aliphatic heterocycles. The highest BCUT2D eigenvalue weighted by Crippen LogP contribution is 2.34. The Kier molecular flexibility index (Phi) is 5.14. The molecule has 25 heavy (non-hydrogen) atoms. The van der Waals surface area contributed by atoms with Gasteiger partial charge in [-0.25, -0.2) is 4.79 Å². The summed E-state index contributed by atoms with van der Waals surface area (Å²) < 4.78 is 4.65. The van der Waals surface area contributed by atoms with Crippen LogP contribution >= 0.6 is 0 Å². The van der Waals surface area contributed by atoms with Crippen molar-refractivity contribution in [2.75, 3.05) is 7.11 Å². The molecule has 0 radical (unpaired) electrons. The van der Waals surface area contributed by atoms with Crippen molar-refractivity contribution in [1.29, 1.82) is 0 Å². The fraction of sp³-hybridized carbons (Fsp3) is 0.300. The van der Waals surface area contributed by atoms with Gasteiger partial charge in [0.1, 0.15) is 0 Å². The summed E-state index contributed by atoms with van der Waals surface area (Å²) in [6, 6.07) is 14.4. The molecule has 2 aromatic carbocycles. The van der Waals surface area contributed by atoms with Gasteiger partial charge < -0.3 is 15.2 Å². The number of fused-ring (bicyclic) bond motifs is 1. The van der Waals surface area contributed by atoms with Gasteiger partial charge in [-0.1, -0.05) is 36.4 Å². The average molecular weight is 339 g/mol. The average Bonchev–Trinajstić information content (AvgIpc) is 2.67. The van der Waals surface area contributed by atoms with E-state index in [9.17, 15) is 14.7 Å². The zero-order chi connectivity index (χ0) is 17.8. The third-order valence-corrected chi connectivity index (χ3v) is 4.60. The van der Waals surface area contributed by atoms with Crippen molar-refractivity contribution in [3.05, 3.63) is 70.8 Å². The van der Waals surface area contributed by atoms with Crippen molar-refractivity contribution in [3.8, 4) is 0 Å². The third kappa shape index (κ3) is 3.56. The van der Waals surface area contributed by atoms with Crippen molar-refractivity contribution in [2.45, 2.75) is 31.4 Å². The Labute approximate surface area is 146 Å². The number of hydrogen-bond acceptors (Lipinski definition) is 4. The minimum absolute atomic E-state index is 0.127. The SMILES string of the molecule is COC(=O)C(O)c1cccc2c1CCCC2NC(=O)c1ccccc1. The van der Waals surface area contributed by atoms with Crippen LogP contribution in [0.5, 0.6) is 0 Å². The molecule has 130 valence electrons. The van der Waals surface area contributed by atoms with Crippen LogP contribution < -0.4 is 5.32 Å². The van der Waals surface area contributed by atoms with E-state index in [2.05, 4.69) is 10.1 Å². The topological polar surface area (TPSA) is 75.6 Å². The van der Waals surface area contributed by atoms with E-state index in [0.29, 0.717) is 11.1 Å². The first kappa shape index (κ1) is 17.2. The smallest absolute Gasteiger partial charge is 0.339 e. The molecule has 2 atom stereocenters. The van der Waals surface area contributed by atoms with Crippen LogP contribution in [0.2, 0.25) is 0 Å². The molecule has 1 amide bonds. The lowest BCUT2D eigenvalue weighted by atomic mass is 9.83. The predicted octanol–water partition coefficient (Wildman–Crippen LogP) is 2.70. The molecule has 2 N–H and O–H groups in total. The van der Waals surface area contributed by atoms with E-state index < -0.39 is 12.1 Å². The number of ether oxygens (including phenoxy) is 1. The van der Waals surface area contributed by atoms with Gasteiger partial charge in [0.05, 0.1) is 13.2 Å². The van der Waals surface area contributed by atoms with Gasteiger partial charge in [-0.15, -0.1) is 0 Å². The Hall–Kier alpha value is -2.66. The van der Waals surface area contributed by atoms with Crippen LogP contribution in [-0.4, -0.2) is 24.1 Å². The van der Waals surface area contributed by atoms with Gasteiger partial charge in [0.15, 0.2) is 6.10 Å². The van der Waals surface area contributed by atoms with Crippen LogP contribution in [0.1, 0.15) is 52.0 Å². The Bertz CT molecular complexity index is 773. The zero-order valence-corrected chi connectivity index (χ0v) is 14.1. The van der Waals surface area contributed by atoms with E-state index >= 15 is 0 Å². The van der Waals surface area contributed by atoms with Crippen LogP contribution in [0, 0.1) is 0 Å². The van der Waals surface area contributed by atoms with Crippen molar-refractivity contribution in [3.63, 3.8) is 0 Å². The molecule has 0 bridgehead atoms. The molecule has 2 unspecified atom stereocenters. The van der Waals surface area contributed by atoms with E-state index in [1.807, 2.05) is 24.3 Å². The first-order valence-corrected chi connectivity index (χ1v) is 8.35. The van der Waals surface area contributed by atoms with Gasteiger partial charge in [0.2, 0.25) is 0 Å². The molecule has 0 spiro atoms. The van der Waals surface area contributed by atoms with Crippen LogP contribution in [0.15, 0.2) is 48.5 Å². The molecule has 0 heterocycles. The Balaban J connectivity index is 1.87. The molecule has 5 nitrogen and oxygen atoms in total. The maximum atomic E-state index is 12.5. The largest absolute Gasteiger partial charge is 0.467 e. The number of rotatable bonds is 4. The summed E-state index contributed by atoms with van der Waals surface area (Å²) in [4.78, 5) is 24.2. The summed E-state index contributed by atoms with van der Waals surface area (Å²) in [6.45, 7) is 0. The van der Waals surface area contributed by atoms with Crippen LogP contribution in [0.25, 0.3) is 0 Å². The van der Waals surface area contributed by atoms with Crippen molar-refractivity contribution in [2.24, 2.45) is 0 Å². The lowest BCUT2D eigenvalue weighted by Crippen LogP contribution is -2.31. The third-order valence-electron chi connectivity index (χ3n) is 4.60. The second kappa shape index (κ2) is 7.49. The van der Waals surface area contributed by atoms with Gasteiger partial charge in [-0.3, -0.25) is 4.79 Å². The lowest BCUT2D eigenvalue weighted by molar-refractivity contribution is -0.150. The Morgan fingerprint density at radius 3 is 2.64 bits per heavy atom. The number of carbonyl (C=O) groups excluding carboxylic acids is 2. The van der Waals surface area contributed by atoms with Gasteiger partial charge in [0.25, 0.3) is 5.91 Å². The van der Waals surface area contributed by atoms with Crippen LogP contribution in [-0.2, 0) is 16.0 Å². The summed E-state index contributed by atoms with van der Waals surface area (Å²) in [5.41, 5.74) is 3.05. The standard InChI is InChI=1S/C20H21NO4/c1-25-20(24)18(22)16-11-5-10-15-14(16)9-6-12-17(15)21-19(23)13-7-3-2-4-8-13/h2-5,7-8,10-11,17-18,22H,6,9,12H2,1H3,(H,21,23). The first-order valence-electron chi connectivity index (χ1n) is 8.35. The van der Waals surface area contributed by atoms with Gasteiger partial charge in [-0.05, 0) is 48.1 Å². The summed E-state index contributed by atoms with van der Waals surface area (Å²) in [6.07, 6.45) is 1.15. The number of aliphatic hydroxyl groups is 1. The second-order valence-corrected chi connectivity index (χ2v) is 6.13. The van der Waals surface area contributed by atoms with E-state index in [-0.39, 0.29) is 11.9 Å². The number of nitrogens with one attached hydrogen (secondary N) is 1. The summed E-state index contributed by atoms with van der Waals surface area (Å²) in [5.74, 6) is -0.804. The number of aliphatic hydroxyl groups excluding tert-OH is 1. The fourth-order valence-electron chi connectivity index (χ4n) is 3.35. The first-order chi connectivity index (χ1) is 12.1. The molecule has 0 aromatic heterocycles. The van der Waals surface area contributed by atoms with Crippen LogP contribution in [0.3, 0.4) is 0 Å². The van der Waals surface area contributed by atoms with E-state index in [1.165, 1.54) is 7.11 Å². The molecule has 5 heteroatoms. The number of hydrogen-bond donors (Lipinski definition) is 2. The highest BCUT2D eigenvalue weighted by Gasteiger charge is 2.28. The molecule has 2 aromatic rings. The van der Waals surface area contributed by atoms with Crippen molar-refractivity contribution in [1.82, 2.24) is 5.32 Å². The minimum Gasteiger partial charge on any atom is -0.467 e. The van der Waals surface area contributed by atoms with Crippen LogP contribution in [0.4, 0.5) is 0 Å². The monoisotopic (exact) mass is 339 g/mol. The minimum atomic E-state index is -1.30. The molecular weight excluding hydrogens is 318 g/mol. The quantitative estimate of drug-likeness (QED) is 0.840. The molecule has 0 saturated carbocycles. The fourth-order valence-corrected chi connectivity index (χ4v) is 3.35. The number of benzene rings is 2. The maximum absolute atomic E-state index is 12.5. The number of methoxy groups -OCH3 is 1. The normalized spacial score (nSPS) is 17.3. The molecule has 1 aliphatic carbocycles. The van der Waals surface area contributed by atoms with E-state index in [0.717, 1.165) is 30.4 Å². The highest BCUT2D eigenvalue weighted by atomic mass is 16.5. The Morgan fingerprint density at radius 2 is 1.92 bits per heavy atom. The summed E-state index contributed by atoms with van der Waals surface area (Å²) in [7, 11) is 1.25. The van der Waals surface area contributed by atoms with Crippen molar-refractivity contribution >= 4 is 11.9 Å². The van der Waals surface area contributed by atoms with Gasteiger partial charge >= 0.3 is 5.97 Å². The predicted molar refractivity (Wildman–Crippen MR) is 93.0 cm³/mol.